The van der Waals surface area contributed by atoms with Crippen molar-refractivity contribution in [3.05, 3.63) is 77.7 Å². The van der Waals surface area contributed by atoms with Crippen LogP contribution in [0.1, 0.15) is 29.9 Å². The third-order valence-corrected chi connectivity index (χ3v) is 4.72. The van der Waals surface area contributed by atoms with Crippen LogP contribution in [0.25, 0.3) is 11.5 Å². The molecule has 2 aromatic carbocycles. The average Bonchev–Trinajstić information content (AvgIpc) is 3.39. The Morgan fingerprint density at radius 2 is 1.72 bits per heavy atom. The number of oxazole rings is 1. The summed E-state index contributed by atoms with van der Waals surface area (Å²) >= 11 is 0. The minimum absolute atomic E-state index is 0.135. The first kappa shape index (κ1) is 15.6. The molecule has 1 aliphatic carbocycles. The van der Waals surface area contributed by atoms with E-state index in [4.69, 9.17) is 9.15 Å². The van der Waals surface area contributed by atoms with Gasteiger partial charge in [-0.3, -0.25) is 4.79 Å². The van der Waals surface area contributed by atoms with Gasteiger partial charge in [-0.05, 0) is 37.5 Å². The van der Waals surface area contributed by atoms with Gasteiger partial charge in [0.25, 0.3) is 0 Å². The van der Waals surface area contributed by atoms with Crippen LogP contribution in [0.5, 0.6) is 0 Å². The van der Waals surface area contributed by atoms with Crippen LogP contribution >= 0.6 is 0 Å². The molecule has 1 heterocycles. The van der Waals surface area contributed by atoms with Gasteiger partial charge in [0, 0.05) is 5.56 Å². The second-order valence-corrected chi connectivity index (χ2v) is 6.41. The van der Waals surface area contributed by atoms with E-state index in [1.165, 1.54) is 0 Å². The molecule has 1 aliphatic rings. The maximum Gasteiger partial charge on any atom is 0.316 e. The number of carbonyl (C=O) groups excluding carboxylic acids is 1. The maximum absolute atomic E-state index is 12.6. The summed E-state index contributed by atoms with van der Waals surface area (Å²) in [6.07, 6.45) is 1.67. The molecule has 0 aliphatic heterocycles. The van der Waals surface area contributed by atoms with Crippen molar-refractivity contribution in [2.45, 2.75) is 31.8 Å². The lowest BCUT2D eigenvalue weighted by Gasteiger charge is -2.14. The van der Waals surface area contributed by atoms with Gasteiger partial charge in [0.15, 0.2) is 0 Å². The third-order valence-electron chi connectivity index (χ3n) is 4.72. The normalized spacial score (nSPS) is 14.9. The molecule has 1 aromatic heterocycles. The molecule has 0 radical (unpaired) electrons. The number of aryl methyl sites for hydroxylation is 1. The van der Waals surface area contributed by atoms with E-state index in [-0.39, 0.29) is 12.6 Å². The van der Waals surface area contributed by atoms with Crippen molar-refractivity contribution in [3.63, 3.8) is 0 Å². The van der Waals surface area contributed by atoms with Crippen molar-refractivity contribution >= 4 is 5.97 Å². The predicted molar refractivity (Wildman–Crippen MR) is 93.8 cm³/mol. The molecule has 0 atom stereocenters. The van der Waals surface area contributed by atoms with Crippen LogP contribution in [-0.4, -0.2) is 11.0 Å². The Balaban J connectivity index is 1.47. The van der Waals surface area contributed by atoms with E-state index in [2.05, 4.69) is 4.98 Å². The van der Waals surface area contributed by atoms with E-state index in [0.29, 0.717) is 17.3 Å². The van der Waals surface area contributed by atoms with Gasteiger partial charge < -0.3 is 9.15 Å². The fourth-order valence-corrected chi connectivity index (χ4v) is 3.03. The highest BCUT2D eigenvalue weighted by atomic mass is 16.5. The summed E-state index contributed by atoms with van der Waals surface area (Å²) in [5.74, 6) is 1.05. The van der Waals surface area contributed by atoms with E-state index in [1.807, 2.05) is 67.6 Å². The van der Waals surface area contributed by atoms with Crippen molar-refractivity contribution in [1.82, 2.24) is 4.98 Å². The number of ether oxygens (including phenoxy) is 1. The van der Waals surface area contributed by atoms with Crippen LogP contribution in [0.15, 0.2) is 65.1 Å². The zero-order valence-corrected chi connectivity index (χ0v) is 14.1. The minimum atomic E-state index is -0.471. The lowest BCUT2D eigenvalue weighted by molar-refractivity contribution is -0.148. The molecule has 1 saturated carbocycles. The first-order valence-corrected chi connectivity index (χ1v) is 8.43. The van der Waals surface area contributed by atoms with Gasteiger partial charge >= 0.3 is 5.97 Å². The minimum Gasteiger partial charge on any atom is -0.458 e. The summed E-state index contributed by atoms with van der Waals surface area (Å²) in [5, 5.41) is 0. The first-order chi connectivity index (χ1) is 12.2. The van der Waals surface area contributed by atoms with Crippen LogP contribution in [0.4, 0.5) is 0 Å². The Bertz CT molecular complexity index is 880. The van der Waals surface area contributed by atoms with Gasteiger partial charge in [-0.15, -0.1) is 0 Å². The fourth-order valence-electron chi connectivity index (χ4n) is 3.03. The lowest BCUT2D eigenvalue weighted by Crippen LogP contribution is -2.23. The molecule has 3 aromatic rings. The smallest absolute Gasteiger partial charge is 0.316 e. The third kappa shape index (κ3) is 2.95. The second-order valence-electron chi connectivity index (χ2n) is 6.41. The van der Waals surface area contributed by atoms with E-state index in [0.717, 1.165) is 24.0 Å². The summed E-state index contributed by atoms with van der Waals surface area (Å²) in [5.41, 5.74) is 2.13. The number of benzene rings is 2. The number of esters is 1. The number of hydrogen-bond acceptors (Lipinski definition) is 4. The molecule has 25 heavy (non-hydrogen) atoms. The highest BCUT2D eigenvalue weighted by molar-refractivity contribution is 5.86. The average molecular weight is 333 g/mol. The zero-order valence-electron chi connectivity index (χ0n) is 14.1. The Morgan fingerprint density at radius 1 is 1.08 bits per heavy atom. The summed E-state index contributed by atoms with van der Waals surface area (Å²) in [6, 6.07) is 19.5. The molecule has 0 unspecified atom stereocenters. The topological polar surface area (TPSA) is 52.3 Å². The van der Waals surface area contributed by atoms with Gasteiger partial charge in [-0.25, -0.2) is 4.98 Å². The predicted octanol–water partition coefficient (Wildman–Crippen LogP) is 4.43. The molecule has 0 bridgehead atoms. The van der Waals surface area contributed by atoms with Gasteiger partial charge in [0.2, 0.25) is 5.89 Å². The molecule has 0 saturated heterocycles. The number of aromatic nitrogens is 1. The van der Waals surface area contributed by atoms with Crippen LogP contribution in [0.3, 0.4) is 0 Å². The van der Waals surface area contributed by atoms with Crippen LogP contribution < -0.4 is 0 Å². The standard InChI is InChI=1S/C21H19NO3/c1-15-18(22-19(25-15)16-8-4-2-5-9-16)14-24-20(23)21(12-13-21)17-10-6-3-7-11-17/h2-11H,12-14H2,1H3. The van der Waals surface area contributed by atoms with Gasteiger partial charge in [0.05, 0.1) is 5.41 Å². The van der Waals surface area contributed by atoms with Gasteiger partial charge in [0.1, 0.15) is 18.1 Å². The molecule has 0 spiro atoms. The second kappa shape index (κ2) is 6.20. The Morgan fingerprint density at radius 3 is 2.36 bits per heavy atom. The van der Waals surface area contributed by atoms with Crippen LogP contribution in [-0.2, 0) is 21.6 Å². The number of nitrogens with zero attached hydrogens (tertiary/aromatic N) is 1. The monoisotopic (exact) mass is 333 g/mol. The number of hydrogen-bond donors (Lipinski definition) is 0. The van der Waals surface area contributed by atoms with E-state index in [1.54, 1.807) is 0 Å². The molecular weight excluding hydrogens is 314 g/mol. The number of rotatable bonds is 5. The highest BCUT2D eigenvalue weighted by Gasteiger charge is 2.52. The Hall–Kier alpha value is -2.88. The van der Waals surface area contributed by atoms with Crippen LogP contribution in [0.2, 0.25) is 0 Å². The quantitative estimate of drug-likeness (QED) is 0.648. The lowest BCUT2D eigenvalue weighted by atomic mass is 9.96. The molecule has 0 N–H and O–H groups in total. The number of carbonyl (C=O) groups is 1. The summed E-state index contributed by atoms with van der Waals surface area (Å²) < 4.78 is 11.3. The molecule has 4 rings (SSSR count). The van der Waals surface area contributed by atoms with Crippen molar-refractivity contribution < 1.29 is 13.9 Å². The van der Waals surface area contributed by atoms with E-state index < -0.39 is 5.41 Å². The van der Waals surface area contributed by atoms with Gasteiger partial charge in [-0.2, -0.15) is 0 Å². The summed E-state index contributed by atoms with van der Waals surface area (Å²) in [6.45, 7) is 1.97. The summed E-state index contributed by atoms with van der Waals surface area (Å²) in [4.78, 5) is 17.1. The zero-order chi connectivity index (χ0) is 17.3. The largest absolute Gasteiger partial charge is 0.458 e. The molecule has 4 nitrogen and oxygen atoms in total. The SMILES string of the molecule is Cc1oc(-c2ccccc2)nc1COC(=O)C1(c2ccccc2)CC1. The highest BCUT2D eigenvalue weighted by Crippen LogP contribution is 2.49. The molecular formula is C21H19NO3. The molecule has 0 amide bonds. The van der Waals surface area contributed by atoms with Crippen LogP contribution in [0, 0.1) is 6.92 Å². The van der Waals surface area contributed by atoms with E-state index >= 15 is 0 Å². The van der Waals surface area contributed by atoms with Crippen molar-refractivity contribution in [3.8, 4) is 11.5 Å². The Labute approximate surface area is 146 Å². The van der Waals surface area contributed by atoms with Crippen molar-refractivity contribution in [2.75, 3.05) is 0 Å². The molecule has 4 heteroatoms. The van der Waals surface area contributed by atoms with Crippen molar-refractivity contribution in [2.24, 2.45) is 0 Å². The van der Waals surface area contributed by atoms with Gasteiger partial charge in [-0.1, -0.05) is 48.5 Å². The first-order valence-electron chi connectivity index (χ1n) is 8.43. The molecule has 1 fully saturated rings. The van der Waals surface area contributed by atoms with E-state index in [9.17, 15) is 4.79 Å². The maximum atomic E-state index is 12.6. The fraction of sp³-hybridized carbons (Fsp3) is 0.238. The molecule has 126 valence electrons. The summed E-state index contributed by atoms with van der Waals surface area (Å²) in [7, 11) is 0. The Kier molecular flexibility index (Phi) is 3.88. The van der Waals surface area contributed by atoms with Crippen molar-refractivity contribution in [1.29, 1.82) is 0 Å².